The van der Waals surface area contributed by atoms with E-state index in [1.807, 2.05) is 13.8 Å². The van der Waals surface area contributed by atoms with Crippen LogP contribution in [0.4, 0.5) is 5.69 Å². The zero-order valence-electron chi connectivity index (χ0n) is 11.7. The van der Waals surface area contributed by atoms with E-state index in [1.54, 1.807) is 12.4 Å². The van der Waals surface area contributed by atoms with Crippen LogP contribution < -0.4 is 11.1 Å². The maximum Gasteiger partial charge on any atom is 0.274 e. The minimum atomic E-state index is -0.288. The highest BCUT2D eigenvalue weighted by molar-refractivity contribution is 5.97. The quantitative estimate of drug-likeness (QED) is 0.641. The standard InChI is InChI=1S/C13H20N6O/c1-3-5-9-10(14)11(19-18-9)13(20)17-8(4-2)12-15-6-7-16-12/h6-8H,3-5,14H2,1-2H3,(H,15,16)(H,17,20)(H,18,19). The molecule has 1 atom stereocenters. The number of carbonyl (C=O) groups excluding carboxylic acids is 1. The van der Waals surface area contributed by atoms with E-state index in [4.69, 9.17) is 5.73 Å². The van der Waals surface area contributed by atoms with Crippen molar-refractivity contribution in [2.24, 2.45) is 0 Å². The predicted molar refractivity (Wildman–Crippen MR) is 76.1 cm³/mol. The van der Waals surface area contributed by atoms with Crippen LogP contribution in [0.25, 0.3) is 0 Å². The number of carbonyl (C=O) groups is 1. The molecule has 0 fully saturated rings. The molecule has 0 aliphatic heterocycles. The molecule has 108 valence electrons. The van der Waals surface area contributed by atoms with E-state index in [0.29, 0.717) is 5.69 Å². The summed E-state index contributed by atoms with van der Waals surface area (Å²) >= 11 is 0. The maximum atomic E-state index is 12.2. The van der Waals surface area contributed by atoms with E-state index in [9.17, 15) is 4.79 Å². The van der Waals surface area contributed by atoms with Crippen molar-refractivity contribution in [2.45, 2.75) is 39.2 Å². The molecule has 0 aliphatic rings. The smallest absolute Gasteiger partial charge is 0.274 e. The third-order valence-electron chi connectivity index (χ3n) is 3.16. The fraction of sp³-hybridized carbons (Fsp3) is 0.462. The van der Waals surface area contributed by atoms with Crippen molar-refractivity contribution < 1.29 is 4.79 Å². The lowest BCUT2D eigenvalue weighted by Crippen LogP contribution is -2.29. The largest absolute Gasteiger partial charge is 0.395 e. The number of nitrogens with two attached hydrogens (primary N) is 1. The first-order valence-electron chi connectivity index (χ1n) is 6.80. The summed E-state index contributed by atoms with van der Waals surface area (Å²) < 4.78 is 0. The number of nitrogens with zero attached hydrogens (tertiary/aromatic N) is 2. The van der Waals surface area contributed by atoms with E-state index in [2.05, 4.69) is 25.5 Å². The van der Waals surface area contributed by atoms with E-state index >= 15 is 0 Å². The molecule has 2 rings (SSSR count). The summed E-state index contributed by atoms with van der Waals surface area (Å²) in [5.74, 6) is 0.438. The van der Waals surface area contributed by atoms with Gasteiger partial charge in [-0.2, -0.15) is 5.10 Å². The Morgan fingerprint density at radius 1 is 1.50 bits per heavy atom. The Morgan fingerprint density at radius 2 is 2.30 bits per heavy atom. The molecule has 7 heteroatoms. The van der Waals surface area contributed by atoms with Gasteiger partial charge in [0.05, 0.1) is 17.4 Å². The molecule has 0 spiro atoms. The number of hydrogen-bond acceptors (Lipinski definition) is 4. The van der Waals surface area contributed by atoms with Crippen LogP contribution in [0.5, 0.6) is 0 Å². The highest BCUT2D eigenvalue weighted by atomic mass is 16.2. The van der Waals surface area contributed by atoms with Gasteiger partial charge in [-0.15, -0.1) is 0 Å². The Morgan fingerprint density at radius 3 is 2.90 bits per heavy atom. The number of H-pyrrole nitrogens is 2. The van der Waals surface area contributed by atoms with Crippen molar-refractivity contribution in [3.05, 3.63) is 29.6 Å². The Labute approximate surface area is 117 Å². The molecule has 1 unspecified atom stereocenters. The van der Waals surface area contributed by atoms with E-state index in [1.165, 1.54) is 0 Å². The van der Waals surface area contributed by atoms with Crippen LogP contribution in [0.2, 0.25) is 0 Å². The van der Waals surface area contributed by atoms with E-state index in [-0.39, 0.29) is 17.6 Å². The van der Waals surface area contributed by atoms with Gasteiger partial charge in [0.15, 0.2) is 5.69 Å². The number of nitrogens with one attached hydrogen (secondary N) is 3. The molecule has 0 aromatic carbocycles. The molecule has 1 amide bonds. The second-order valence-corrected chi connectivity index (χ2v) is 4.62. The molecular formula is C13H20N6O. The summed E-state index contributed by atoms with van der Waals surface area (Å²) in [5, 5.41) is 9.72. The Kier molecular flexibility index (Phi) is 4.39. The second-order valence-electron chi connectivity index (χ2n) is 4.62. The number of aryl methyl sites for hydroxylation is 1. The van der Waals surface area contributed by atoms with Crippen molar-refractivity contribution in [3.8, 4) is 0 Å². The van der Waals surface area contributed by atoms with Crippen molar-refractivity contribution in [1.29, 1.82) is 0 Å². The van der Waals surface area contributed by atoms with Gasteiger partial charge in [0.1, 0.15) is 5.82 Å². The average molecular weight is 276 g/mol. The molecule has 2 heterocycles. The lowest BCUT2D eigenvalue weighted by molar-refractivity contribution is 0.0929. The average Bonchev–Trinajstić information content (AvgIpc) is 3.07. The number of hydrogen-bond donors (Lipinski definition) is 4. The van der Waals surface area contributed by atoms with Gasteiger partial charge < -0.3 is 16.0 Å². The molecule has 0 aliphatic carbocycles. The van der Waals surface area contributed by atoms with E-state index < -0.39 is 0 Å². The van der Waals surface area contributed by atoms with Crippen LogP contribution in [-0.2, 0) is 6.42 Å². The molecule has 0 saturated carbocycles. The Bertz CT molecular complexity index is 559. The summed E-state index contributed by atoms with van der Waals surface area (Å²) in [6.45, 7) is 4.02. The number of amides is 1. The number of aromatic amines is 2. The molecule has 5 N–H and O–H groups in total. The lowest BCUT2D eigenvalue weighted by Gasteiger charge is -2.13. The van der Waals surface area contributed by atoms with Gasteiger partial charge in [0.25, 0.3) is 5.91 Å². The number of anilines is 1. The Hall–Kier alpha value is -2.31. The zero-order valence-corrected chi connectivity index (χ0v) is 11.7. The minimum absolute atomic E-state index is 0.178. The van der Waals surface area contributed by atoms with Gasteiger partial charge in [-0.1, -0.05) is 20.3 Å². The monoisotopic (exact) mass is 276 g/mol. The highest BCUT2D eigenvalue weighted by Gasteiger charge is 2.21. The highest BCUT2D eigenvalue weighted by Crippen LogP contribution is 2.18. The zero-order chi connectivity index (χ0) is 14.5. The summed E-state index contributed by atoms with van der Waals surface area (Å²) in [4.78, 5) is 19.4. The molecule has 0 bridgehead atoms. The van der Waals surface area contributed by atoms with Gasteiger partial charge in [0, 0.05) is 12.4 Å². The topological polar surface area (TPSA) is 112 Å². The van der Waals surface area contributed by atoms with Crippen LogP contribution >= 0.6 is 0 Å². The van der Waals surface area contributed by atoms with Gasteiger partial charge in [0.2, 0.25) is 0 Å². The summed E-state index contributed by atoms with van der Waals surface area (Å²) in [7, 11) is 0. The lowest BCUT2D eigenvalue weighted by atomic mass is 10.1. The van der Waals surface area contributed by atoms with Crippen molar-refractivity contribution in [3.63, 3.8) is 0 Å². The van der Waals surface area contributed by atoms with Crippen molar-refractivity contribution in [2.75, 3.05) is 5.73 Å². The first kappa shape index (κ1) is 14.1. The fourth-order valence-electron chi connectivity index (χ4n) is 2.06. The Balaban J connectivity index is 2.11. The molecule has 7 nitrogen and oxygen atoms in total. The molecule has 20 heavy (non-hydrogen) atoms. The van der Waals surface area contributed by atoms with Crippen LogP contribution in [0.1, 0.15) is 54.7 Å². The SMILES string of the molecule is CCCc1[nH]nc(C(=O)NC(CC)c2ncc[nH]2)c1N. The number of aromatic nitrogens is 4. The van der Waals surface area contributed by atoms with Gasteiger partial charge >= 0.3 is 0 Å². The number of imidazole rings is 1. The summed E-state index contributed by atoms with van der Waals surface area (Å²) in [6, 6.07) is -0.178. The van der Waals surface area contributed by atoms with Crippen LogP contribution in [0.15, 0.2) is 12.4 Å². The maximum absolute atomic E-state index is 12.2. The normalized spacial score (nSPS) is 12.3. The van der Waals surface area contributed by atoms with E-state index in [0.717, 1.165) is 30.8 Å². The van der Waals surface area contributed by atoms with Gasteiger partial charge in [-0.05, 0) is 12.8 Å². The molecule has 0 saturated heterocycles. The van der Waals surface area contributed by atoms with Gasteiger partial charge in [-0.25, -0.2) is 4.98 Å². The van der Waals surface area contributed by atoms with Crippen LogP contribution in [0, 0.1) is 0 Å². The number of nitrogen functional groups attached to an aromatic ring is 1. The first-order chi connectivity index (χ1) is 9.67. The molecular weight excluding hydrogens is 256 g/mol. The second kappa shape index (κ2) is 6.23. The number of rotatable bonds is 6. The van der Waals surface area contributed by atoms with Crippen molar-refractivity contribution in [1.82, 2.24) is 25.5 Å². The summed E-state index contributed by atoms with van der Waals surface area (Å²) in [6.07, 6.45) is 5.84. The van der Waals surface area contributed by atoms with Crippen molar-refractivity contribution >= 4 is 11.6 Å². The third-order valence-corrected chi connectivity index (χ3v) is 3.16. The minimum Gasteiger partial charge on any atom is -0.395 e. The predicted octanol–water partition coefficient (Wildman–Crippen LogP) is 1.55. The fourth-order valence-corrected chi connectivity index (χ4v) is 2.06. The molecule has 2 aromatic heterocycles. The van der Waals surface area contributed by atoms with Gasteiger partial charge in [-0.3, -0.25) is 9.89 Å². The molecule has 2 aromatic rings. The van der Waals surface area contributed by atoms with Crippen LogP contribution in [-0.4, -0.2) is 26.1 Å². The summed E-state index contributed by atoms with van der Waals surface area (Å²) in [5.41, 5.74) is 7.44. The molecule has 0 radical (unpaired) electrons. The van der Waals surface area contributed by atoms with Crippen LogP contribution in [0.3, 0.4) is 0 Å². The first-order valence-corrected chi connectivity index (χ1v) is 6.80. The third kappa shape index (κ3) is 2.81.